The smallest absolute Gasteiger partial charge is 0.189 e. The van der Waals surface area contributed by atoms with Crippen LogP contribution >= 0.6 is 0 Å². The van der Waals surface area contributed by atoms with Crippen LogP contribution in [0.15, 0.2) is 41.5 Å². The van der Waals surface area contributed by atoms with Crippen molar-refractivity contribution in [3.05, 3.63) is 64.0 Å². The van der Waals surface area contributed by atoms with E-state index in [1.165, 1.54) is 12.8 Å². The van der Waals surface area contributed by atoms with E-state index in [9.17, 15) is 4.79 Å². The highest BCUT2D eigenvalue weighted by Gasteiger charge is 2.34. The van der Waals surface area contributed by atoms with E-state index < -0.39 is 0 Å². The third-order valence-corrected chi connectivity index (χ3v) is 4.78. The minimum atomic E-state index is 0.0733. The first-order chi connectivity index (χ1) is 11.6. The predicted molar refractivity (Wildman–Crippen MR) is 94.8 cm³/mol. The Labute approximate surface area is 140 Å². The molecule has 5 heteroatoms. The van der Waals surface area contributed by atoms with E-state index in [1.807, 2.05) is 44.6 Å². The first kappa shape index (κ1) is 15.1. The molecule has 2 N–H and O–H groups in total. The van der Waals surface area contributed by atoms with Crippen LogP contribution in [-0.2, 0) is 13.6 Å². The second kappa shape index (κ2) is 5.91. The Bertz CT molecular complexity index is 936. The van der Waals surface area contributed by atoms with Crippen LogP contribution in [0.5, 0.6) is 0 Å². The molecule has 1 fully saturated rings. The number of pyridine rings is 1. The lowest BCUT2D eigenvalue weighted by atomic mass is 10.1. The standard InChI is InChI=1S/C19H22N4O/c1-12-3-6-16-15(9-12)17(24)10-14(22-16)11-21-18(13-4-5-13)19-20-7-8-23(19)2/h3,6-10,13,18,21H,4-5,11H2,1-2H3,(H,22,24). The van der Waals surface area contributed by atoms with Crippen LogP contribution in [0.2, 0.25) is 0 Å². The maximum Gasteiger partial charge on any atom is 0.189 e. The van der Waals surface area contributed by atoms with Gasteiger partial charge in [0.2, 0.25) is 0 Å². The van der Waals surface area contributed by atoms with Crippen LogP contribution in [0, 0.1) is 12.8 Å². The van der Waals surface area contributed by atoms with Crippen molar-refractivity contribution < 1.29 is 0 Å². The molecular weight excluding hydrogens is 300 g/mol. The van der Waals surface area contributed by atoms with E-state index in [0.29, 0.717) is 12.5 Å². The van der Waals surface area contributed by atoms with Gasteiger partial charge in [0, 0.05) is 48.6 Å². The van der Waals surface area contributed by atoms with Gasteiger partial charge < -0.3 is 14.9 Å². The van der Waals surface area contributed by atoms with Crippen LogP contribution < -0.4 is 10.7 Å². The maximum atomic E-state index is 12.4. The normalized spacial score (nSPS) is 15.8. The molecule has 0 amide bonds. The summed E-state index contributed by atoms with van der Waals surface area (Å²) in [6.45, 7) is 2.63. The minimum Gasteiger partial charge on any atom is -0.357 e. The highest BCUT2D eigenvalue weighted by Crippen LogP contribution is 2.40. The number of imidazole rings is 1. The molecule has 2 aromatic heterocycles. The van der Waals surface area contributed by atoms with Gasteiger partial charge in [-0.25, -0.2) is 4.98 Å². The predicted octanol–water partition coefficient (Wildman–Crippen LogP) is 2.81. The fourth-order valence-electron chi connectivity index (χ4n) is 3.31. The quantitative estimate of drug-likeness (QED) is 0.759. The summed E-state index contributed by atoms with van der Waals surface area (Å²) in [6, 6.07) is 7.88. The van der Waals surface area contributed by atoms with E-state index in [1.54, 1.807) is 6.07 Å². The summed E-state index contributed by atoms with van der Waals surface area (Å²) < 4.78 is 2.07. The fourth-order valence-corrected chi connectivity index (χ4v) is 3.31. The van der Waals surface area contributed by atoms with Crippen molar-refractivity contribution in [2.75, 3.05) is 0 Å². The lowest BCUT2D eigenvalue weighted by molar-refractivity contribution is 0.443. The Balaban J connectivity index is 1.59. The number of H-pyrrole nitrogens is 1. The van der Waals surface area contributed by atoms with Gasteiger partial charge in [0.05, 0.1) is 6.04 Å². The van der Waals surface area contributed by atoms with E-state index in [4.69, 9.17) is 0 Å². The Hall–Kier alpha value is -2.40. The molecule has 3 aromatic rings. The zero-order valence-corrected chi connectivity index (χ0v) is 14.0. The summed E-state index contributed by atoms with van der Waals surface area (Å²) in [4.78, 5) is 20.2. The van der Waals surface area contributed by atoms with Gasteiger partial charge in [0.25, 0.3) is 0 Å². The molecule has 0 saturated heterocycles. The average Bonchev–Trinajstić information content (AvgIpc) is 3.31. The summed E-state index contributed by atoms with van der Waals surface area (Å²) >= 11 is 0. The molecule has 0 radical (unpaired) electrons. The van der Waals surface area contributed by atoms with E-state index in [-0.39, 0.29) is 11.5 Å². The SMILES string of the molecule is Cc1ccc2[nH]c(CNC(c3nccn3C)C3CC3)cc(=O)c2c1. The second-order valence-corrected chi connectivity index (χ2v) is 6.80. The van der Waals surface area contributed by atoms with Gasteiger partial charge in [-0.1, -0.05) is 11.6 Å². The monoisotopic (exact) mass is 322 g/mol. The van der Waals surface area contributed by atoms with Gasteiger partial charge in [0.15, 0.2) is 5.43 Å². The van der Waals surface area contributed by atoms with Gasteiger partial charge in [0.1, 0.15) is 5.82 Å². The van der Waals surface area contributed by atoms with E-state index in [0.717, 1.165) is 28.0 Å². The number of nitrogens with one attached hydrogen (secondary N) is 2. The van der Waals surface area contributed by atoms with Crippen LogP contribution in [0.25, 0.3) is 10.9 Å². The number of hydrogen-bond donors (Lipinski definition) is 2. The van der Waals surface area contributed by atoms with Crippen molar-refractivity contribution in [3.8, 4) is 0 Å². The number of benzene rings is 1. The molecule has 0 spiro atoms. The van der Waals surface area contributed by atoms with E-state index >= 15 is 0 Å². The van der Waals surface area contributed by atoms with Crippen LogP contribution in [-0.4, -0.2) is 14.5 Å². The number of nitrogens with zero attached hydrogens (tertiary/aromatic N) is 2. The molecule has 2 heterocycles. The van der Waals surface area contributed by atoms with Crippen LogP contribution in [0.1, 0.15) is 36.0 Å². The molecule has 1 atom stereocenters. The van der Waals surface area contributed by atoms with Gasteiger partial charge >= 0.3 is 0 Å². The summed E-state index contributed by atoms with van der Waals surface area (Å²) in [5.74, 6) is 1.71. The number of fused-ring (bicyclic) bond motifs is 1. The summed E-state index contributed by atoms with van der Waals surface area (Å²) in [5, 5.41) is 4.34. The van der Waals surface area contributed by atoms with Crippen molar-refractivity contribution in [2.45, 2.75) is 32.4 Å². The fraction of sp³-hybridized carbons (Fsp3) is 0.368. The third-order valence-electron chi connectivity index (χ3n) is 4.78. The first-order valence-corrected chi connectivity index (χ1v) is 8.45. The number of rotatable bonds is 5. The zero-order chi connectivity index (χ0) is 16.7. The topological polar surface area (TPSA) is 62.7 Å². The van der Waals surface area contributed by atoms with Crippen LogP contribution in [0.4, 0.5) is 0 Å². The molecule has 4 rings (SSSR count). The molecule has 1 aliphatic rings. The summed E-state index contributed by atoms with van der Waals surface area (Å²) in [5.41, 5.74) is 2.98. The summed E-state index contributed by atoms with van der Waals surface area (Å²) in [6.07, 6.45) is 6.29. The molecule has 24 heavy (non-hydrogen) atoms. The number of aromatic amines is 1. The molecular formula is C19H22N4O. The zero-order valence-electron chi connectivity index (χ0n) is 14.0. The maximum absolute atomic E-state index is 12.4. The molecule has 1 unspecified atom stereocenters. The Kier molecular flexibility index (Phi) is 3.73. The van der Waals surface area contributed by atoms with Gasteiger partial charge in [-0.05, 0) is 37.8 Å². The summed E-state index contributed by atoms with van der Waals surface area (Å²) in [7, 11) is 2.03. The molecule has 1 saturated carbocycles. The first-order valence-electron chi connectivity index (χ1n) is 8.45. The largest absolute Gasteiger partial charge is 0.357 e. The van der Waals surface area contributed by atoms with Crippen molar-refractivity contribution in [1.29, 1.82) is 0 Å². The lowest BCUT2D eigenvalue weighted by Crippen LogP contribution is -2.26. The Morgan fingerprint density at radius 2 is 2.21 bits per heavy atom. The van der Waals surface area contributed by atoms with Crippen LogP contribution in [0.3, 0.4) is 0 Å². The molecule has 1 aromatic carbocycles. The molecule has 5 nitrogen and oxygen atoms in total. The highest BCUT2D eigenvalue weighted by atomic mass is 16.1. The minimum absolute atomic E-state index is 0.0733. The van der Waals surface area contributed by atoms with Gasteiger partial charge in [-0.15, -0.1) is 0 Å². The van der Waals surface area contributed by atoms with Gasteiger partial charge in [-0.2, -0.15) is 0 Å². The third kappa shape index (κ3) is 2.87. The molecule has 1 aliphatic carbocycles. The van der Waals surface area contributed by atoms with Crippen molar-refractivity contribution in [3.63, 3.8) is 0 Å². The second-order valence-electron chi connectivity index (χ2n) is 6.80. The highest BCUT2D eigenvalue weighted by molar-refractivity contribution is 5.79. The molecule has 0 bridgehead atoms. The number of aryl methyl sites for hydroxylation is 2. The van der Waals surface area contributed by atoms with Gasteiger partial charge in [-0.3, -0.25) is 4.79 Å². The van der Waals surface area contributed by atoms with Crippen molar-refractivity contribution in [1.82, 2.24) is 19.9 Å². The lowest BCUT2D eigenvalue weighted by Gasteiger charge is -2.18. The Morgan fingerprint density at radius 3 is 2.92 bits per heavy atom. The average molecular weight is 322 g/mol. The van der Waals surface area contributed by atoms with Crippen molar-refractivity contribution >= 4 is 10.9 Å². The Morgan fingerprint density at radius 1 is 1.38 bits per heavy atom. The molecule has 0 aliphatic heterocycles. The van der Waals surface area contributed by atoms with Crippen molar-refractivity contribution in [2.24, 2.45) is 13.0 Å². The number of hydrogen-bond acceptors (Lipinski definition) is 3. The van der Waals surface area contributed by atoms with E-state index in [2.05, 4.69) is 19.9 Å². The molecule has 124 valence electrons. The number of aromatic nitrogens is 3.